The summed E-state index contributed by atoms with van der Waals surface area (Å²) < 4.78 is 27.9. The van der Waals surface area contributed by atoms with Crippen LogP contribution < -0.4 is 0 Å². The summed E-state index contributed by atoms with van der Waals surface area (Å²) in [6.07, 6.45) is 0.313. The van der Waals surface area contributed by atoms with Gasteiger partial charge in [0.15, 0.2) is 15.7 Å². The van der Waals surface area contributed by atoms with Crippen molar-refractivity contribution in [3.05, 3.63) is 12.2 Å². The zero-order valence-electron chi connectivity index (χ0n) is 13.3. The van der Waals surface area contributed by atoms with Crippen LogP contribution in [0.1, 0.15) is 6.92 Å². The van der Waals surface area contributed by atoms with E-state index in [1.54, 1.807) is 20.3 Å². The van der Waals surface area contributed by atoms with Gasteiger partial charge >= 0.3 is 5.97 Å². The maximum absolute atomic E-state index is 11.5. The highest BCUT2D eigenvalue weighted by Gasteiger charge is 2.27. The van der Waals surface area contributed by atoms with E-state index in [4.69, 9.17) is 13.4 Å². The van der Waals surface area contributed by atoms with E-state index in [1.165, 1.54) is 0 Å². The molecule has 117 valence electrons. The van der Waals surface area contributed by atoms with E-state index >= 15 is 0 Å². The van der Waals surface area contributed by atoms with Gasteiger partial charge in [0.05, 0.1) is 6.61 Å². The van der Waals surface area contributed by atoms with Crippen LogP contribution in [0.25, 0.3) is 0 Å². The minimum absolute atomic E-state index is 0.313. The highest BCUT2D eigenvalue weighted by atomic mass is 31.2. The average Bonchev–Trinajstić information content (AvgIpc) is 2.22. The van der Waals surface area contributed by atoms with Crippen molar-refractivity contribution in [2.24, 2.45) is 0 Å². The molecule has 0 aliphatic rings. The Hall–Kier alpha value is -0.206. The number of ether oxygens (including phenoxy) is 1. The second-order valence-electron chi connectivity index (χ2n) is 5.76. The lowest BCUT2D eigenvalue weighted by atomic mass is 10.4. The molecule has 0 aliphatic carbocycles. The van der Waals surface area contributed by atoms with Crippen molar-refractivity contribution in [2.75, 3.05) is 26.2 Å². The fourth-order valence-electron chi connectivity index (χ4n) is 1.35. The topological polar surface area (TPSA) is 61.8 Å². The first-order chi connectivity index (χ1) is 8.93. The van der Waals surface area contributed by atoms with Crippen LogP contribution in [-0.4, -0.2) is 49.5 Å². The Morgan fingerprint density at radius 2 is 1.90 bits per heavy atom. The molecule has 0 fully saturated rings. The number of esters is 1. The molecule has 0 aromatic carbocycles. The Morgan fingerprint density at radius 3 is 2.35 bits per heavy atom. The minimum atomic E-state index is -2.43. The molecule has 8 heteroatoms. The number of rotatable bonds is 9. The van der Waals surface area contributed by atoms with E-state index in [-0.39, 0.29) is 5.97 Å². The van der Waals surface area contributed by atoms with E-state index in [2.05, 4.69) is 19.7 Å². The van der Waals surface area contributed by atoms with Crippen LogP contribution in [0.4, 0.5) is 0 Å². The predicted octanol–water partition coefficient (Wildman–Crippen LogP) is 3.04. The molecule has 0 aliphatic heterocycles. The predicted molar refractivity (Wildman–Crippen MR) is 86.2 cm³/mol. The van der Waals surface area contributed by atoms with Crippen LogP contribution in [0.5, 0.6) is 0 Å². The zero-order chi connectivity index (χ0) is 16.0. The number of carbonyl (C=O) groups is 1. The van der Waals surface area contributed by atoms with Crippen LogP contribution in [0.15, 0.2) is 12.2 Å². The highest BCUT2D eigenvalue weighted by molar-refractivity contribution is 7.57. The summed E-state index contributed by atoms with van der Waals surface area (Å²) in [5.74, 6) is -0.376. The fraction of sp³-hybridized carbons (Fsp3) is 0.750. The molecule has 0 bridgehead atoms. The van der Waals surface area contributed by atoms with Crippen LogP contribution in [0, 0.1) is 0 Å². The van der Waals surface area contributed by atoms with E-state index in [0.717, 1.165) is 6.04 Å². The molecule has 1 radical (unpaired) electrons. The van der Waals surface area contributed by atoms with Gasteiger partial charge in [-0.05, 0) is 32.6 Å². The third-order valence-electron chi connectivity index (χ3n) is 2.31. The molecule has 5 nitrogen and oxygen atoms in total. The minimum Gasteiger partial charge on any atom is -0.463 e. The van der Waals surface area contributed by atoms with Gasteiger partial charge < -0.3 is 13.4 Å². The summed E-state index contributed by atoms with van der Waals surface area (Å²) in [5.41, 5.74) is 0.395. The van der Waals surface area contributed by atoms with Crippen LogP contribution in [-0.2, 0) is 22.7 Å². The Balaban J connectivity index is 4.08. The maximum atomic E-state index is 11.5. The van der Waals surface area contributed by atoms with Gasteiger partial charge in [-0.15, -0.1) is 0 Å². The van der Waals surface area contributed by atoms with Gasteiger partial charge in [-0.3, -0.25) is 4.57 Å². The molecule has 0 atom stereocenters. The summed E-state index contributed by atoms with van der Waals surface area (Å²) in [7, 11) is -5.49. The number of carbonyl (C=O) groups excluding carboxylic acids is 1. The standard InChI is InChI=1S/C12H26O5PSi2/c1-11(2)12(13)15-10-19(5)17-20(6,7)9-8-16-18(3,4)14/h1,8-10H2,2-7H3. The van der Waals surface area contributed by atoms with E-state index in [0.29, 0.717) is 18.4 Å². The van der Waals surface area contributed by atoms with Gasteiger partial charge in [0.25, 0.3) is 0 Å². The van der Waals surface area contributed by atoms with Crippen molar-refractivity contribution in [2.45, 2.75) is 32.6 Å². The van der Waals surface area contributed by atoms with Gasteiger partial charge in [0.2, 0.25) is 9.04 Å². The molecular formula is C12H26O5PSi2. The summed E-state index contributed by atoms with van der Waals surface area (Å²) in [4.78, 5) is 11.3. The average molecular weight is 337 g/mol. The fourth-order valence-corrected chi connectivity index (χ4v) is 7.40. The summed E-state index contributed by atoms with van der Waals surface area (Å²) in [6.45, 7) is 15.0. The van der Waals surface area contributed by atoms with Crippen LogP contribution in [0.2, 0.25) is 25.7 Å². The smallest absolute Gasteiger partial charge is 0.332 e. The van der Waals surface area contributed by atoms with Gasteiger partial charge in [-0.25, -0.2) is 4.79 Å². The first-order valence-corrected chi connectivity index (χ1v) is 14.2. The molecule has 0 unspecified atom stereocenters. The number of hydrogen-bond donors (Lipinski definition) is 0. The monoisotopic (exact) mass is 337 g/mol. The van der Waals surface area contributed by atoms with Crippen molar-refractivity contribution in [3.8, 4) is 0 Å². The summed E-state index contributed by atoms with van der Waals surface area (Å²) in [5, 5.41) is 0. The third-order valence-corrected chi connectivity index (χ3v) is 8.68. The second-order valence-corrected chi connectivity index (χ2v) is 15.0. The maximum Gasteiger partial charge on any atom is 0.332 e. The Bertz CT molecular complexity index is 391. The van der Waals surface area contributed by atoms with E-state index < -0.39 is 24.7 Å². The molecule has 0 saturated carbocycles. The van der Waals surface area contributed by atoms with Crippen molar-refractivity contribution < 1.29 is 22.7 Å². The first-order valence-electron chi connectivity index (χ1n) is 6.46. The SMILES string of the molecule is C=C(C)C(=O)OC[Si](C)O[Si](C)(C)CCOP(C)(C)=O. The largest absolute Gasteiger partial charge is 0.463 e. The highest BCUT2D eigenvalue weighted by Crippen LogP contribution is 2.37. The molecule has 0 amide bonds. The van der Waals surface area contributed by atoms with Crippen LogP contribution in [0.3, 0.4) is 0 Å². The molecular weight excluding hydrogens is 311 g/mol. The lowest BCUT2D eigenvalue weighted by Gasteiger charge is -2.26. The van der Waals surface area contributed by atoms with Crippen molar-refractivity contribution in [1.29, 1.82) is 0 Å². The molecule has 0 spiro atoms. The lowest BCUT2D eigenvalue weighted by Crippen LogP contribution is -2.40. The molecule has 0 aromatic rings. The zero-order valence-corrected chi connectivity index (χ0v) is 16.2. The summed E-state index contributed by atoms with van der Waals surface area (Å²) in [6, 6.07) is 0.773. The Labute approximate surface area is 125 Å². The quantitative estimate of drug-likeness (QED) is 0.280. The number of hydrogen-bond acceptors (Lipinski definition) is 5. The van der Waals surface area contributed by atoms with Gasteiger partial charge in [-0.1, -0.05) is 6.58 Å². The molecule has 0 saturated heterocycles. The van der Waals surface area contributed by atoms with Crippen LogP contribution >= 0.6 is 7.37 Å². The van der Waals surface area contributed by atoms with E-state index in [9.17, 15) is 9.36 Å². The normalized spacial score (nSPS) is 12.6. The molecule has 0 aromatic heterocycles. The lowest BCUT2D eigenvalue weighted by molar-refractivity contribution is -0.137. The molecule has 20 heavy (non-hydrogen) atoms. The van der Waals surface area contributed by atoms with Crippen molar-refractivity contribution >= 4 is 30.7 Å². The first kappa shape index (κ1) is 19.8. The summed E-state index contributed by atoms with van der Waals surface area (Å²) >= 11 is 0. The molecule has 0 rings (SSSR count). The Kier molecular flexibility index (Phi) is 8.20. The Morgan fingerprint density at radius 1 is 1.35 bits per heavy atom. The van der Waals surface area contributed by atoms with Gasteiger partial charge in [0.1, 0.15) is 6.23 Å². The molecule has 0 heterocycles. The van der Waals surface area contributed by atoms with Crippen molar-refractivity contribution in [3.63, 3.8) is 0 Å². The van der Waals surface area contributed by atoms with Gasteiger partial charge in [0, 0.05) is 18.9 Å². The second kappa shape index (κ2) is 8.29. The van der Waals surface area contributed by atoms with Crippen molar-refractivity contribution in [1.82, 2.24) is 0 Å². The van der Waals surface area contributed by atoms with E-state index in [1.807, 2.05) is 6.55 Å². The molecule has 0 N–H and O–H groups in total. The third kappa shape index (κ3) is 10.6. The van der Waals surface area contributed by atoms with Gasteiger partial charge in [-0.2, -0.15) is 0 Å².